The molecular formula is C38H36N4+2. The SMILES string of the molecule is Cc1cc(C)c(-[n+]2cn(-c3cccc(-n4c[n+](-c5c(C)cc(C)cc5C)c5ccccc54)c3)c3ccccc32)c(C)c1. The Bertz CT molecular complexity index is 1960. The largest absolute Gasteiger partial charge is 0.255 e. The van der Waals surface area contributed by atoms with Crippen molar-refractivity contribution in [3.63, 3.8) is 0 Å². The van der Waals surface area contributed by atoms with Gasteiger partial charge in [0.25, 0.3) is 12.7 Å². The van der Waals surface area contributed by atoms with Gasteiger partial charge in [0.2, 0.25) is 0 Å². The van der Waals surface area contributed by atoms with Gasteiger partial charge in [-0.2, -0.15) is 18.3 Å². The van der Waals surface area contributed by atoms with E-state index >= 15 is 0 Å². The molecule has 206 valence electrons. The first-order valence-electron chi connectivity index (χ1n) is 14.6. The van der Waals surface area contributed by atoms with Gasteiger partial charge in [-0.05, 0) is 100 Å². The molecule has 7 rings (SSSR count). The first kappa shape index (κ1) is 26.0. The van der Waals surface area contributed by atoms with Crippen LogP contribution >= 0.6 is 0 Å². The van der Waals surface area contributed by atoms with Crippen molar-refractivity contribution in [1.82, 2.24) is 9.13 Å². The second-order valence-corrected chi connectivity index (χ2v) is 11.7. The van der Waals surface area contributed by atoms with Gasteiger partial charge in [0, 0.05) is 6.07 Å². The van der Waals surface area contributed by atoms with E-state index in [4.69, 9.17) is 0 Å². The molecule has 4 nitrogen and oxygen atoms in total. The number of aromatic nitrogens is 4. The maximum Gasteiger partial charge on any atom is 0.255 e. The summed E-state index contributed by atoms with van der Waals surface area (Å²) in [7, 11) is 0. The van der Waals surface area contributed by atoms with E-state index in [1.165, 1.54) is 66.8 Å². The quantitative estimate of drug-likeness (QED) is 0.199. The monoisotopic (exact) mass is 548 g/mol. The Balaban J connectivity index is 1.42. The van der Waals surface area contributed by atoms with Crippen molar-refractivity contribution in [2.24, 2.45) is 0 Å². The van der Waals surface area contributed by atoms with Crippen LogP contribution in [0.5, 0.6) is 0 Å². The molecule has 2 heterocycles. The molecule has 0 bridgehead atoms. The molecule has 0 fully saturated rings. The molecule has 0 spiro atoms. The number of hydrogen-bond donors (Lipinski definition) is 0. The van der Waals surface area contributed by atoms with Crippen LogP contribution in [0.25, 0.3) is 44.8 Å². The van der Waals surface area contributed by atoms with Crippen LogP contribution in [0.3, 0.4) is 0 Å². The molecular weight excluding hydrogens is 512 g/mol. The molecule has 0 aliphatic carbocycles. The third-order valence-electron chi connectivity index (χ3n) is 8.40. The average molecular weight is 549 g/mol. The third-order valence-corrected chi connectivity index (χ3v) is 8.40. The highest BCUT2D eigenvalue weighted by atomic mass is 15.2. The zero-order chi connectivity index (χ0) is 29.1. The fraction of sp³-hybridized carbons (Fsp3) is 0.158. The number of nitrogens with zero attached hydrogens (tertiary/aromatic N) is 4. The minimum Gasteiger partial charge on any atom is -0.194 e. The van der Waals surface area contributed by atoms with Gasteiger partial charge in [0.05, 0.1) is 0 Å². The molecule has 42 heavy (non-hydrogen) atoms. The lowest BCUT2D eigenvalue weighted by Gasteiger charge is -2.08. The van der Waals surface area contributed by atoms with Gasteiger partial charge in [-0.1, -0.05) is 65.7 Å². The van der Waals surface area contributed by atoms with Gasteiger partial charge in [-0.15, -0.1) is 0 Å². The lowest BCUT2D eigenvalue weighted by atomic mass is 10.0. The van der Waals surface area contributed by atoms with E-state index in [1.807, 2.05) is 0 Å². The Morgan fingerprint density at radius 2 is 0.810 bits per heavy atom. The van der Waals surface area contributed by atoms with E-state index in [1.54, 1.807) is 0 Å². The highest BCUT2D eigenvalue weighted by Gasteiger charge is 2.24. The van der Waals surface area contributed by atoms with Gasteiger partial charge in [0.1, 0.15) is 22.7 Å². The Morgan fingerprint density at radius 1 is 0.429 bits per heavy atom. The van der Waals surface area contributed by atoms with Gasteiger partial charge in [0.15, 0.2) is 22.1 Å². The highest BCUT2D eigenvalue weighted by molar-refractivity contribution is 5.77. The minimum absolute atomic E-state index is 1.12. The van der Waals surface area contributed by atoms with Crippen molar-refractivity contribution in [3.05, 3.63) is 143 Å². The summed E-state index contributed by atoms with van der Waals surface area (Å²) in [6.07, 6.45) is 4.48. The number of aryl methyl sites for hydroxylation is 6. The first-order valence-corrected chi connectivity index (χ1v) is 14.6. The van der Waals surface area contributed by atoms with Crippen LogP contribution in [0, 0.1) is 41.5 Å². The second-order valence-electron chi connectivity index (χ2n) is 11.7. The number of imidazole rings is 2. The summed E-state index contributed by atoms with van der Waals surface area (Å²) >= 11 is 0. The number of para-hydroxylation sites is 4. The molecule has 0 radical (unpaired) electrons. The van der Waals surface area contributed by atoms with Crippen molar-refractivity contribution >= 4 is 22.1 Å². The normalized spacial score (nSPS) is 11.6. The first-order chi connectivity index (χ1) is 20.3. The van der Waals surface area contributed by atoms with E-state index in [9.17, 15) is 0 Å². The fourth-order valence-electron chi connectivity index (χ4n) is 6.89. The molecule has 0 unspecified atom stereocenters. The highest BCUT2D eigenvalue weighted by Crippen LogP contribution is 2.26. The van der Waals surface area contributed by atoms with Crippen LogP contribution in [0.15, 0.2) is 110 Å². The van der Waals surface area contributed by atoms with E-state index < -0.39 is 0 Å². The standard InChI is InChI=1S/C38H36N4/c1-25-18-27(3)37(28(4)19-25)41-23-39(33-14-7-9-16-35(33)41)31-12-11-13-32(22-31)40-24-42(36-17-10-8-15-34(36)40)38-29(5)20-26(2)21-30(38)6/h7-24H,1-6H3/q+2. The molecule has 0 N–H and O–H groups in total. The maximum absolute atomic E-state index is 2.34. The molecule has 0 atom stereocenters. The molecule has 5 aromatic carbocycles. The summed E-state index contributed by atoms with van der Waals surface area (Å²) in [5, 5.41) is 0. The lowest BCUT2D eigenvalue weighted by Crippen LogP contribution is -2.31. The number of rotatable bonds is 4. The summed E-state index contributed by atoms with van der Waals surface area (Å²) in [6, 6.07) is 35.3. The smallest absolute Gasteiger partial charge is 0.194 e. The van der Waals surface area contributed by atoms with E-state index in [2.05, 4.69) is 170 Å². The van der Waals surface area contributed by atoms with Crippen molar-refractivity contribution in [3.8, 4) is 22.7 Å². The number of hydrogen-bond acceptors (Lipinski definition) is 0. The Morgan fingerprint density at radius 3 is 1.21 bits per heavy atom. The van der Waals surface area contributed by atoms with Crippen LogP contribution in [-0.4, -0.2) is 9.13 Å². The van der Waals surface area contributed by atoms with Crippen LogP contribution in [0.2, 0.25) is 0 Å². The van der Waals surface area contributed by atoms with Gasteiger partial charge >= 0.3 is 0 Å². The van der Waals surface area contributed by atoms with E-state index in [0.29, 0.717) is 0 Å². The van der Waals surface area contributed by atoms with Crippen LogP contribution in [-0.2, 0) is 0 Å². The predicted molar refractivity (Wildman–Crippen MR) is 172 cm³/mol. The molecule has 2 aromatic heterocycles. The Kier molecular flexibility index (Phi) is 6.09. The molecule has 0 amide bonds. The van der Waals surface area contributed by atoms with Crippen LogP contribution < -0.4 is 9.13 Å². The number of fused-ring (bicyclic) bond motifs is 2. The van der Waals surface area contributed by atoms with Gasteiger partial charge in [-0.3, -0.25) is 0 Å². The lowest BCUT2D eigenvalue weighted by molar-refractivity contribution is -0.568. The summed E-state index contributed by atoms with van der Waals surface area (Å²) in [5.74, 6) is 0. The third kappa shape index (κ3) is 4.14. The van der Waals surface area contributed by atoms with E-state index in [-0.39, 0.29) is 0 Å². The van der Waals surface area contributed by atoms with Crippen molar-refractivity contribution in [1.29, 1.82) is 0 Å². The summed E-state index contributed by atoms with van der Waals surface area (Å²) < 4.78 is 9.30. The molecule has 7 aromatic rings. The average Bonchev–Trinajstić information content (AvgIpc) is 3.52. The van der Waals surface area contributed by atoms with Crippen LogP contribution in [0.4, 0.5) is 0 Å². The molecule has 0 saturated carbocycles. The summed E-state index contributed by atoms with van der Waals surface area (Å²) in [4.78, 5) is 0. The predicted octanol–water partition coefficient (Wildman–Crippen LogP) is 7.98. The molecule has 0 aliphatic rings. The van der Waals surface area contributed by atoms with Gasteiger partial charge < -0.3 is 0 Å². The summed E-state index contributed by atoms with van der Waals surface area (Å²) in [5.41, 5.74) is 17.1. The summed E-state index contributed by atoms with van der Waals surface area (Å²) in [6.45, 7) is 13.2. The van der Waals surface area contributed by atoms with E-state index in [0.717, 1.165) is 11.4 Å². The molecule has 0 saturated heterocycles. The molecule has 0 aliphatic heterocycles. The second kappa shape index (κ2) is 9.85. The topological polar surface area (TPSA) is 17.6 Å². The molecule has 4 heteroatoms. The van der Waals surface area contributed by atoms with Crippen LogP contribution in [0.1, 0.15) is 33.4 Å². The zero-order valence-electron chi connectivity index (χ0n) is 25.2. The minimum atomic E-state index is 1.12. The number of benzene rings is 5. The van der Waals surface area contributed by atoms with Crippen molar-refractivity contribution in [2.75, 3.05) is 0 Å². The Labute approximate surface area is 247 Å². The van der Waals surface area contributed by atoms with Gasteiger partial charge in [-0.25, -0.2) is 0 Å². The van der Waals surface area contributed by atoms with Crippen molar-refractivity contribution in [2.45, 2.75) is 41.5 Å². The van der Waals surface area contributed by atoms with Crippen molar-refractivity contribution < 1.29 is 9.13 Å². The zero-order valence-corrected chi connectivity index (χ0v) is 25.2. The Hall–Kier alpha value is -4.96. The maximum atomic E-state index is 2.34. The fourth-order valence-corrected chi connectivity index (χ4v) is 6.89.